The average Bonchev–Trinajstić information content (AvgIpc) is 2.03. The van der Waals surface area contributed by atoms with Crippen molar-refractivity contribution in [2.45, 2.75) is 0 Å². The summed E-state index contributed by atoms with van der Waals surface area (Å²) >= 11 is 9.03. The van der Waals surface area contributed by atoms with Crippen molar-refractivity contribution in [1.82, 2.24) is 0 Å². The van der Waals surface area contributed by atoms with Crippen molar-refractivity contribution in [3.05, 3.63) is 27.2 Å². The van der Waals surface area contributed by atoms with Crippen molar-refractivity contribution in [2.24, 2.45) is 0 Å². The molecule has 0 heterocycles. The SMILES string of the molecule is COc1c(Cl)cc(C=O)cc1Br. The zero-order valence-corrected chi connectivity index (χ0v) is 8.65. The lowest BCUT2D eigenvalue weighted by atomic mass is 10.2. The summed E-state index contributed by atoms with van der Waals surface area (Å²) in [6.45, 7) is 0. The van der Waals surface area contributed by atoms with Crippen molar-refractivity contribution >= 4 is 33.8 Å². The van der Waals surface area contributed by atoms with Gasteiger partial charge in [0, 0.05) is 5.56 Å². The van der Waals surface area contributed by atoms with Crippen LogP contribution in [0.1, 0.15) is 10.4 Å². The molecule has 1 aromatic rings. The molecule has 0 aliphatic heterocycles. The van der Waals surface area contributed by atoms with E-state index >= 15 is 0 Å². The van der Waals surface area contributed by atoms with Crippen molar-refractivity contribution in [1.29, 1.82) is 0 Å². The fraction of sp³-hybridized carbons (Fsp3) is 0.125. The van der Waals surface area contributed by atoms with E-state index < -0.39 is 0 Å². The molecular formula is C8H6BrClO2. The van der Waals surface area contributed by atoms with Gasteiger partial charge >= 0.3 is 0 Å². The molecule has 0 spiro atoms. The van der Waals surface area contributed by atoms with Crippen LogP contribution in [0.4, 0.5) is 0 Å². The zero-order valence-electron chi connectivity index (χ0n) is 6.30. The first-order chi connectivity index (χ1) is 5.69. The molecule has 0 aliphatic carbocycles. The van der Waals surface area contributed by atoms with E-state index in [0.29, 0.717) is 20.8 Å². The Kier molecular flexibility index (Phi) is 3.12. The van der Waals surface area contributed by atoms with Crippen LogP contribution in [0.5, 0.6) is 5.75 Å². The lowest BCUT2D eigenvalue weighted by molar-refractivity contribution is 0.112. The van der Waals surface area contributed by atoms with E-state index in [4.69, 9.17) is 16.3 Å². The second-order valence-electron chi connectivity index (χ2n) is 2.14. The molecule has 0 saturated heterocycles. The minimum atomic E-state index is 0.425. The second-order valence-corrected chi connectivity index (χ2v) is 3.40. The topological polar surface area (TPSA) is 26.3 Å². The maximum Gasteiger partial charge on any atom is 0.151 e. The Bertz CT molecular complexity index is 289. The minimum Gasteiger partial charge on any atom is -0.494 e. The van der Waals surface area contributed by atoms with Gasteiger partial charge in [-0.1, -0.05) is 11.6 Å². The summed E-state index contributed by atoms with van der Waals surface area (Å²) in [4.78, 5) is 10.4. The van der Waals surface area contributed by atoms with Crippen molar-refractivity contribution in [2.75, 3.05) is 7.11 Å². The monoisotopic (exact) mass is 248 g/mol. The summed E-state index contributed by atoms with van der Waals surface area (Å²) in [5.74, 6) is 0.544. The van der Waals surface area contributed by atoms with Crippen LogP contribution in [0.25, 0.3) is 0 Å². The van der Waals surface area contributed by atoms with Gasteiger partial charge in [-0.15, -0.1) is 0 Å². The molecule has 2 nitrogen and oxygen atoms in total. The van der Waals surface area contributed by atoms with Gasteiger partial charge < -0.3 is 4.74 Å². The summed E-state index contributed by atoms with van der Waals surface area (Å²) < 4.78 is 5.66. The first-order valence-electron chi connectivity index (χ1n) is 3.17. The third-order valence-corrected chi connectivity index (χ3v) is 2.23. The Morgan fingerprint density at radius 3 is 2.67 bits per heavy atom. The Morgan fingerprint density at radius 1 is 1.58 bits per heavy atom. The summed E-state index contributed by atoms with van der Waals surface area (Å²) in [6.07, 6.45) is 0.732. The van der Waals surface area contributed by atoms with Crippen LogP contribution in [0.2, 0.25) is 5.02 Å². The molecule has 0 saturated carbocycles. The lowest BCUT2D eigenvalue weighted by Crippen LogP contribution is -1.88. The fourth-order valence-corrected chi connectivity index (χ4v) is 1.90. The molecule has 1 aromatic carbocycles. The van der Waals surface area contributed by atoms with Gasteiger partial charge in [0.05, 0.1) is 16.6 Å². The van der Waals surface area contributed by atoms with E-state index in [1.165, 1.54) is 7.11 Å². The standard InChI is InChI=1S/C8H6BrClO2/c1-12-8-6(9)2-5(4-11)3-7(8)10/h2-4H,1H3. The number of hydrogen-bond donors (Lipinski definition) is 0. The van der Waals surface area contributed by atoms with E-state index in [9.17, 15) is 4.79 Å². The predicted octanol–water partition coefficient (Wildman–Crippen LogP) is 2.92. The first-order valence-corrected chi connectivity index (χ1v) is 4.34. The van der Waals surface area contributed by atoms with Crippen molar-refractivity contribution < 1.29 is 9.53 Å². The van der Waals surface area contributed by atoms with E-state index in [1.54, 1.807) is 12.1 Å². The molecule has 0 N–H and O–H groups in total. The van der Waals surface area contributed by atoms with Crippen LogP contribution in [-0.2, 0) is 0 Å². The van der Waals surface area contributed by atoms with Crippen LogP contribution in [0.3, 0.4) is 0 Å². The first kappa shape index (κ1) is 9.55. The van der Waals surface area contributed by atoms with Crippen LogP contribution in [0.15, 0.2) is 16.6 Å². The number of hydrogen-bond acceptors (Lipinski definition) is 2. The van der Waals surface area contributed by atoms with E-state index in [0.717, 1.165) is 6.29 Å². The van der Waals surface area contributed by atoms with Gasteiger partial charge in [0.25, 0.3) is 0 Å². The van der Waals surface area contributed by atoms with E-state index in [1.807, 2.05) is 0 Å². The summed E-state index contributed by atoms with van der Waals surface area (Å²) in [6, 6.07) is 3.20. The predicted molar refractivity (Wildman–Crippen MR) is 51.1 cm³/mol. The molecule has 0 unspecified atom stereocenters. The molecule has 1 rings (SSSR count). The molecule has 0 atom stereocenters. The third-order valence-electron chi connectivity index (χ3n) is 1.36. The highest BCUT2D eigenvalue weighted by Gasteiger charge is 2.06. The number of aldehydes is 1. The molecule has 12 heavy (non-hydrogen) atoms. The number of ether oxygens (including phenoxy) is 1. The maximum absolute atomic E-state index is 10.4. The summed E-state index contributed by atoms with van der Waals surface area (Å²) in [5.41, 5.74) is 0.521. The molecule has 64 valence electrons. The van der Waals surface area contributed by atoms with Gasteiger partial charge in [-0.25, -0.2) is 0 Å². The highest BCUT2D eigenvalue weighted by molar-refractivity contribution is 9.10. The van der Waals surface area contributed by atoms with E-state index in [-0.39, 0.29) is 0 Å². The highest BCUT2D eigenvalue weighted by atomic mass is 79.9. The molecule has 0 fully saturated rings. The van der Waals surface area contributed by atoms with Gasteiger partial charge in [-0.05, 0) is 28.1 Å². The van der Waals surface area contributed by atoms with Crippen molar-refractivity contribution in [3.63, 3.8) is 0 Å². The van der Waals surface area contributed by atoms with Gasteiger partial charge in [0.1, 0.15) is 6.29 Å². The van der Waals surface area contributed by atoms with Crippen molar-refractivity contribution in [3.8, 4) is 5.75 Å². The fourth-order valence-electron chi connectivity index (χ4n) is 0.843. The number of halogens is 2. The van der Waals surface area contributed by atoms with Crippen LogP contribution >= 0.6 is 27.5 Å². The molecule has 0 aromatic heterocycles. The number of methoxy groups -OCH3 is 1. The summed E-state index contributed by atoms with van der Waals surface area (Å²) in [5, 5.41) is 0.425. The molecule has 4 heteroatoms. The second kappa shape index (κ2) is 3.92. The largest absolute Gasteiger partial charge is 0.494 e. The molecule has 0 amide bonds. The quantitative estimate of drug-likeness (QED) is 0.753. The van der Waals surface area contributed by atoms with Crippen LogP contribution in [-0.4, -0.2) is 13.4 Å². The van der Waals surface area contributed by atoms with Gasteiger partial charge in [0.15, 0.2) is 5.75 Å². The number of carbonyl (C=O) groups is 1. The lowest BCUT2D eigenvalue weighted by Gasteiger charge is -2.05. The van der Waals surface area contributed by atoms with Gasteiger partial charge in [-0.3, -0.25) is 4.79 Å². The average molecular weight is 249 g/mol. The maximum atomic E-state index is 10.4. The highest BCUT2D eigenvalue weighted by Crippen LogP contribution is 2.33. The molecule has 0 radical (unpaired) electrons. The van der Waals surface area contributed by atoms with Crippen LogP contribution in [0, 0.1) is 0 Å². The number of carbonyl (C=O) groups excluding carboxylic acids is 1. The number of benzene rings is 1. The summed E-state index contributed by atoms with van der Waals surface area (Å²) in [7, 11) is 1.52. The normalized spacial score (nSPS) is 9.58. The Balaban J connectivity index is 3.27. The molecule has 0 aliphatic rings. The van der Waals surface area contributed by atoms with Gasteiger partial charge in [-0.2, -0.15) is 0 Å². The Labute approximate surface area is 83.6 Å². The minimum absolute atomic E-state index is 0.425. The smallest absolute Gasteiger partial charge is 0.151 e. The van der Waals surface area contributed by atoms with Crippen LogP contribution < -0.4 is 4.74 Å². The Hall–Kier alpha value is -0.540. The Morgan fingerprint density at radius 2 is 2.25 bits per heavy atom. The van der Waals surface area contributed by atoms with Gasteiger partial charge in [0.2, 0.25) is 0 Å². The zero-order chi connectivity index (χ0) is 9.14. The van der Waals surface area contributed by atoms with E-state index in [2.05, 4.69) is 15.9 Å². The number of rotatable bonds is 2. The third kappa shape index (κ3) is 1.79. The molecular weight excluding hydrogens is 243 g/mol. The molecule has 0 bridgehead atoms.